The standard InChI is InChI=1S/C15H12N4O3/c1-9-14(8-18)12(20)19-15(9,21)5-10(11-3-2-4-22-11)13(14,6-16)7-17/h2-4,9-10,21H,5H2,1H3,(H,19,20). The predicted molar refractivity (Wildman–Crippen MR) is 70.0 cm³/mol. The van der Waals surface area contributed by atoms with Gasteiger partial charge in [-0.25, -0.2) is 0 Å². The molecule has 7 heteroatoms. The minimum absolute atomic E-state index is 0.0715. The molecule has 2 fully saturated rings. The highest BCUT2D eigenvalue weighted by Crippen LogP contribution is 2.64. The molecule has 0 radical (unpaired) electrons. The molecule has 4 unspecified atom stereocenters. The van der Waals surface area contributed by atoms with Crippen molar-refractivity contribution >= 4 is 5.91 Å². The van der Waals surface area contributed by atoms with E-state index in [1.165, 1.54) is 13.2 Å². The lowest BCUT2D eigenvalue weighted by Crippen LogP contribution is -2.57. The summed E-state index contributed by atoms with van der Waals surface area (Å²) < 4.78 is 5.30. The Kier molecular flexibility index (Phi) is 2.63. The minimum Gasteiger partial charge on any atom is -0.469 e. The first-order valence-corrected chi connectivity index (χ1v) is 6.74. The number of furan rings is 1. The van der Waals surface area contributed by atoms with Crippen LogP contribution < -0.4 is 5.32 Å². The summed E-state index contributed by atoms with van der Waals surface area (Å²) in [7, 11) is 0. The molecule has 2 heterocycles. The van der Waals surface area contributed by atoms with Crippen LogP contribution in [0.3, 0.4) is 0 Å². The van der Waals surface area contributed by atoms with Crippen LogP contribution in [0, 0.1) is 50.7 Å². The van der Waals surface area contributed by atoms with Gasteiger partial charge in [0.05, 0.1) is 30.4 Å². The molecule has 4 atom stereocenters. The Morgan fingerprint density at radius 2 is 2.05 bits per heavy atom. The van der Waals surface area contributed by atoms with Crippen LogP contribution in [0.15, 0.2) is 22.8 Å². The zero-order valence-electron chi connectivity index (χ0n) is 11.7. The fraction of sp³-hybridized carbons (Fsp3) is 0.467. The molecule has 2 aliphatic rings. The fourth-order valence-electron chi connectivity index (χ4n) is 3.84. The summed E-state index contributed by atoms with van der Waals surface area (Å²) in [5, 5.41) is 42.2. The molecule has 0 aromatic carbocycles. The first-order valence-electron chi connectivity index (χ1n) is 6.74. The Morgan fingerprint density at radius 3 is 2.55 bits per heavy atom. The Hall–Kier alpha value is -2.82. The van der Waals surface area contributed by atoms with Crippen molar-refractivity contribution in [1.29, 1.82) is 15.8 Å². The number of aliphatic hydroxyl groups is 1. The molecule has 2 bridgehead atoms. The van der Waals surface area contributed by atoms with Crippen LogP contribution in [0.1, 0.15) is 25.0 Å². The van der Waals surface area contributed by atoms with E-state index in [1.54, 1.807) is 12.1 Å². The Balaban J connectivity index is 2.34. The maximum Gasteiger partial charge on any atom is 0.245 e. The predicted octanol–water partition coefficient (Wildman–Crippen LogP) is 0.765. The number of hydrogen-bond donors (Lipinski definition) is 2. The lowest BCUT2D eigenvalue weighted by Gasteiger charge is -2.47. The molecular weight excluding hydrogens is 284 g/mol. The normalized spacial score (nSPS) is 38.4. The van der Waals surface area contributed by atoms with E-state index in [0.29, 0.717) is 5.76 Å². The zero-order chi connectivity index (χ0) is 16.2. The lowest BCUT2D eigenvalue weighted by molar-refractivity contribution is -0.130. The van der Waals surface area contributed by atoms with E-state index in [2.05, 4.69) is 5.32 Å². The third-order valence-corrected chi connectivity index (χ3v) is 5.13. The summed E-state index contributed by atoms with van der Waals surface area (Å²) in [5.74, 6) is -2.29. The Labute approximate surface area is 126 Å². The lowest BCUT2D eigenvalue weighted by atomic mass is 9.48. The van der Waals surface area contributed by atoms with E-state index in [-0.39, 0.29) is 6.42 Å². The van der Waals surface area contributed by atoms with Gasteiger partial charge < -0.3 is 14.8 Å². The van der Waals surface area contributed by atoms with Crippen molar-refractivity contribution in [2.24, 2.45) is 16.7 Å². The summed E-state index contributed by atoms with van der Waals surface area (Å²) in [6, 6.07) is 8.80. The van der Waals surface area contributed by atoms with Gasteiger partial charge >= 0.3 is 0 Å². The molecule has 1 amide bonds. The third kappa shape index (κ3) is 1.24. The highest BCUT2D eigenvalue weighted by Gasteiger charge is 2.78. The summed E-state index contributed by atoms with van der Waals surface area (Å²) in [4.78, 5) is 12.4. The topological polar surface area (TPSA) is 134 Å². The number of nitrogens with one attached hydrogen (secondary N) is 1. The quantitative estimate of drug-likeness (QED) is 0.785. The van der Waals surface area contributed by atoms with Gasteiger partial charge in [0.15, 0.2) is 10.8 Å². The maximum absolute atomic E-state index is 12.4. The summed E-state index contributed by atoms with van der Waals surface area (Å²) in [6.07, 6.45) is 1.31. The van der Waals surface area contributed by atoms with Crippen LogP contribution in [0.5, 0.6) is 0 Å². The molecule has 1 saturated carbocycles. The van der Waals surface area contributed by atoms with Gasteiger partial charge in [-0.15, -0.1) is 0 Å². The second kappa shape index (κ2) is 4.10. The SMILES string of the molecule is CC1C2(O)CC(c3ccco3)C(C#N)(C#N)C1(C#N)C(=O)N2. The van der Waals surface area contributed by atoms with Crippen LogP contribution in [0.2, 0.25) is 0 Å². The molecule has 7 nitrogen and oxygen atoms in total. The van der Waals surface area contributed by atoms with E-state index in [1.807, 2.05) is 18.2 Å². The molecule has 0 spiro atoms. The molecule has 3 rings (SSSR count). The van der Waals surface area contributed by atoms with Crippen molar-refractivity contribution in [3.8, 4) is 18.2 Å². The van der Waals surface area contributed by atoms with E-state index >= 15 is 0 Å². The van der Waals surface area contributed by atoms with Crippen LogP contribution in [0.4, 0.5) is 0 Å². The van der Waals surface area contributed by atoms with Crippen molar-refractivity contribution < 1.29 is 14.3 Å². The second-order valence-electron chi connectivity index (χ2n) is 5.82. The van der Waals surface area contributed by atoms with Crippen molar-refractivity contribution in [3.63, 3.8) is 0 Å². The molecular formula is C15H12N4O3. The Bertz CT molecular complexity index is 752. The van der Waals surface area contributed by atoms with Crippen molar-refractivity contribution in [1.82, 2.24) is 5.32 Å². The van der Waals surface area contributed by atoms with Crippen molar-refractivity contribution in [3.05, 3.63) is 24.2 Å². The smallest absolute Gasteiger partial charge is 0.245 e. The van der Waals surface area contributed by atoms with Gasteiger partial charge in [-0.3, -0.25) is 4.79 Å². The van der Waals surface area contributed by atoms with Gasteiger partial charge in [0, 0.05) is 12.3 Å². The van der Waals surface area contributed by atoms with Gasteiger partial charge in [0.25, 0.3) is 0 Å². The zero-order valence-corrected chi connectivity index (χ0v) is 11.7. The Morgan fingerprint density at radius 1 is 1.36 bits per heavy atom. The summed E-state index contributed by atoms with van der Waals surface area (Å²) >= 11 is 0. The van der Waals surface area contributed by atoms with Crippen LogP contribution >= 0.6 is 0 Å². The number of amides is 1. The van der Waals surface area contributed by atoms with E-state index in [9.17, 15) is 25.7 Å². The first kappa shape index (κ1) is 14.1. The summed E-state index contributed by atoms with van der Waals surface area (Å²) in [5.41, 5.74) is -5.55. The maximum atomic E-state index is 12.4. The van der Waals surface area contributed by atoms with E-state index in [4.69, 9.17) is 4.42 Å². The molecule has 1 aromatic rings. The second-order valence-corrected chi connectivity index (χ2v) is 5.82. The summed E-state index contributed by atoms with van der Waals surface area (Å²) in [6.45, 7) is 1.50. The van der Waals surface area contributed by atoms with Crippen LogP contribution in [-0.4, -0.2) is 16.7 Å². The average molecular weight is 296 g/mol. The van der Waals surface area contributed by atoms with Crippen LogP contribution in [0.25, 0.3) is 0 Å². The van der Waals surface area contributed by atoms with Gasteiger partial charge in [0.2, 0.25) is 5.91 Å². The number of rotatable bonds is 1. The van der Waals surface area contributed by atoms with Gasteiger partial charge in [-0.2, -0.15) is 15.8 Å². The highest BCUT2D eigenvalue weighted by atomic mass is 16.3. The van der Waals surface area contributed by atoms with Crippen LogP contribution in [-0.2, 0) is 4.79 Å². The monoisotopic (exact) mass is 296 g/mol. The van der Waals surface area contributed by atoms with E-state index in [0.717, 1.165) is 0 Å². The molecule has 1 saturated heterocycles. The fourth-order valence-corrected chi connectivity index (χ4v) is 3.84. The molecule has 1 aromatic heterocycles. The molecule has 1 aliphatic carbocycles. The molecule has 110 valence electrons. The number of carbonyl (C=O) groups excluding carboxylic acids is 1. The molecule has 2 N–H and O–H groups in total. The van der Waals surface area contributed by atoms with Gasteiger partial charge in [0.1, 0.15) is 11.5 Å². The average Bonchev–Trinajstić information content (AvgIpc) is 3.07. The largest absolute Gasteiger partial charge is 0.469 e. The highest BCUT2D eigenvalue weighted by molar-refractivity contribution is 5.92. The van der Waals surface area contributed by atoms with E-state index < -0.39 is 34.3 Å². The van der Waals surface area contributed by atoms with Gasteiger partial charge in [-0.05, 0) is 12.1 Å². The molecule has 22 heavy (non-hydrogen) atoms. The third-order valence-electron chi connectivity index (χ3n) is 5.13. The molecule has 1 aliphatic heterocycles. The number of hydrogen-bond acceptors (Lipinski definition) is 6. The minimum atomic E-state index is -1.96. The number of nitrogens with zero attached hydrogens (tertiary/aromatic N) is 3. The number of fused-ring (bicyclic) bond motifs is 2. The number of nitriles is 3. The van der Waals surface area contributed by atoms with Gasteiger partial charge in [-0.1, -0.05) is 6.92 Å². The first-order chi connectivity index (χ1) is 10.4. The van der Waals surface area contributed by atoms with Crippen molar-refractivity contribution in [2.45, 2.75) is 25.0 Å². The van der Waals surface area contributed by atoms with Crippen molar-refractivity contribution in [2.75, 3.05) is 0 Å². The number of carbonyl (C=O) groups is 1.